The lowest BCUT2D eigenvalue weighted by Crippen LogP contribution is -2.08. The molecule has 3 atom stereocenters. The van der Waals surface area contributed by atoms with Crippen LogP contribution in [0.1, 0.15) is 43.7 Å². The van der Waals surface area contributed by atoms with Crippen LogP contribution >= 0.6 is 0 Å². The number of benzene rings is 1. The van der Waals surface area contributed by atoms with Gasteiger partial charge >= 0.3 is 6.18 Å². The van der Waals surface area contributed by atoms with Crippen LogP contribution in [0.5, 0.6) is 5.75 Å². The van der Waals surface area contributed by atoms with Crippen molar-refractivity contribution in [2.24, 2.45) is 0 Å². The summed E-state index contributed by atoms with van der Waals surface area (Å²) in [6.07, 6.45) is -2.25. The molecule has 5 heteroatoms. The van der Waals surface area contributed by atoms with Crippen LogP contribution < -0.4 is 4.74 Å². The molecular formula is C15H19F3O2. The minimum Gasteiger partial charge on any atom is -0.496 e. The molecule has 3 unspecified atom stereocenters. The highest BCUT2D eigenvalue weighted by molar-refractivity contribution is 5.40. The zero-order valence-corrected chi connectivity index (χ0v) is 11.8. The topological polar surface area (TPSA) is 21.8 Å². The molecule has 1 aromatic carbocycles. The van der Waals surface area contributed by atoms with Gasteiger partial charge in [0.05, 0.1) is 24.9 Å². The molecule has 2 rings (SSSR count). The lowest BCUT2D eigenvalue weighted by molar-refractivity contribution is -0.137. The Morgan fingerprint density at radius 2 is 2.00 bits per heavy atom. The first-order valence-corrected chi connectivity index (χ1v) is 6.77. The molecule has 112 valence electrons. The Kier molecular flexibility index (Phi) is 4.28. The number of hydrogen-bond donors (Lipinski definition) is 0. The van der Waals surface area contributed by atoms with Crippen molar-refractivity contribution >= 4 is 0 Å². The summed E-state index contributed by atoms with van der Waals surface area (Å²) in [5.74, 6) is 0.466. The number of alkyl halides is 3. The van der Waals surface area contributed by atoms with Crippen molar-refractivity contribution in [2.45, 2.75) is 51.0 Å². The van der Waals surface area contributed by atoms with Crippen LogP contribution in [-0.2, 0) is 10.9 Å². The van der Waals surface area contributed by atoms with Crippen molar-refractivity contribution in [1.82, 2.24) is 0 Å². The molecule has 0 radical (unpaired) electrons. The van der Waals surface area contributed by atoms with Gasteiger partial charge in [0, 0.05) is 0 Å². The van der Waals surface area contributed by atoms with Crippen molar-refractivity contribution in [3.05, 3.63) is 29.3 Å². The molecule has 1 heterocycles. The van der Waals surface area contributed by atoms with E-state index in [1.165, 1.54) is 19.2 Å². The first-order valence-electron chi connectivity index (χ1n) is 6.77. The fourth-order valence-corrected chi connectivity index (χ4v) is 2.52. The van der Waals surface area contributed by atoms with Gasteiger partial charge in [-0.1, -0.05) is 13.8 Å². The Hall–Kier alpha value is -1.23. The highest BCUT2D eigenvalue weighted by Gasteiger charge is 2.38. The highest BCUT2D eigenvalue weighted by Crippen LogP contribution is 2.39. The van der Waals surface area contributed by atoms with Crippen LogP contribution in [-0.4, -0.2) is 19.3 Å². The second-order valence-corrected chi connectivity index (χ2v) is 5.21. The van der Waals surface area contributed by atoms with Crippen LogP contribution in [0.4, 0.5) is 13.2 Å². The van der Waals surface area contributed by atoms with E-state index in [0.717, 1.165) is 18.9 Å². The van der Waals surface area contributed by atoms with Crippen molar-refractivity contribution < 1.29 is 22.6 Å². The van der Waals surface area contributed by atoms with Gasteiger partial charge in [-0.2, -0.15) is 13.2 Å². The quantitative estimate of drug-likeness (QED) is 0.750. The number of hydrogen-bond acceptors (Lipinski definition) is 2. The van der Waals surface area contributed by atoms with Crippen molar-refractivity contribution in [3.63, 3.8) is 0 Å². The molecule has 1 aromatic rings. The number of ether oxygens (including phenoxy) is 2. The van der Waals surface area contributed by atoms with Crippen LogP contribution in [0.2, 0.25) is 0 Å². The summed E-state index contributed by atoms with van der Waals surface area (Å²) in [4.78, 5) is 0. The van der Waals surface area contributed by atoms with Gasteiger partial charge in [0.25, 0.3) is 0 Å². The number of methoxy groups -OCH3 is 1. The van der Waals surface area contributed by atoms with Crippen LogP contribution in [0.25, 0.3) is 0 Å². The predicted molar refractivity (Wildman–Crippen MR) is 70.0 cm³/mol. The Morgan fingerprint density at radius 3 is 2.50 bits per heavy atom. The lowest BCUT2D eigenvalue weighted by Gasteiger charge is -2.17. The zero-order valence-electron chi connectivity index (χ0n) is 11.8. The maximum atomic E-state index is 12.8. The van der Waals surface area contributed by atoms with E-state index in [0.29, 0.717) is 11.3 Å². The second-order valence-electron chi connectivity index (χ2n) is 5.21. The predicted octanol–water partition coefficient (Wildman–Crippen LogP) is 4.39. The maximum absolute atomic E-state index is 12.8. The average Bonchev–Trinajstić information content (AvgIpc) is 3.15. The molecule has 0 bridgehead atoms. The monoisotopic (exact) mass is 288 g/mol. The smallest absolute Gasteiger partial charge is 0.416 e. The SMILES string of the molecule is CCC1OC1CC(C)c1cc(C(F)(F)F)ccc1OC. The van der Waals surface area contributed by atoms with E-state index in [1.54, 1.807) is 0 Å². The first-order chi connectivity index (χ1) is 9.36. The Morgan fingerprint density at radius 1 is 1.30 bits per heavy atom. The minimum atomic E-state index is -4.33. The molecule has 20 heavy (non-hydrogen) atoms. The third-order valence-electron chi connectivity index (χ3n) is 3.76. The molecule has 0 aliphatic carbocycles. The normalized spacial score (nSPS) is 23.5. The summed E-state index contributed by atoms with van der Waals surface area (Å²) < 4.78 is 49.0. The van der Waals surface area contributed by atoms with Gasteiger partial charge in [-0.15, -0.1) is 0 Å². The van der Waals surface area contributed by atoms with E-state index >= 15 is 0 Å². The van der Waals surface area contributed by atoms with E-state index in [9.17, 15) is 13.2 Å². The van der Waals surface area contributed by atoms with Crippen molar-refractivity contribution in [3.8, 4) is 5.75 Å². The molecule has 1 aliphatic heterocycles. The molecule has 0 saturated carbocycles. The Balaban J connectivity index is 2.19. The summed E-state index contributed by atoms with van der Waals surface area (Å²) in [5, 5.41) is 0. The summed E-state index contributed by atoms with van der Waals surface area (Å²) >= 11 is 0. The van der Waals surface area contributed by atoms with Crippen LogP contribution in [0.3, 0.4) is 0 Å². The standard InChI is InChI=1S/C15H19F3O2/c1-4-12-14(20-12)7-9(2)11-8-10(15(16,17)18)5-6-13(11)19-3/h5-6,8-9,12,14H,4,7H2,1-3H3. The van der Waals surface area contributed by atoms with Crippen LogP contribution in [0, 0.1) is 0 Å². The summed E-state index contributed by atoms with van der Waals surface area (Å²) in [7, 11) is 1.47. The molecule has 2 nitrogen and oxygen atoms in total. The molecule has 1 saturated heterocycles. The molecule has 0 amide bonds. The third kappa shape index (κ3) is 3.26. The van der Waals surface area contributed by atoms with Gasteiger partial charge in [-0.3, -0.25) is 0 Å². The van der Waals surface area contributed by atoms with Gasteiger partial charge in [-0.25, -0.2) is 0 Å². The molecule has 1 aliphatic rings. The fourth-order valence-electron chi connectivity index (χ4n) is 2.52. The largest absolute Gasteiger partial charge is 0.496 e. The molecular weight excluding hydrogens is 269 g/mol. The van der Waals surface area contributed by atoms with Gasteiger partial charge < -0.3 is 9.47 Å². The van der Waals surface area contributed by atoms with E-state index in [-0.39, 0.29) is 18.1 Å². The number of epoxide rings is 1. The lowest BCUT2D eigenvalue weighted by atomic mass is 9.92. The van der Waals surface area contributed by atoms with Gasteiger partial charge in [-0.05, 0) is 42.5 Å². The summed E-state index contributed by atoms with van der Waals surface area (Å²) in [6.45, 7) is 3.95. The maximum Gasteiger partial charge on any atom is 0.416 e. The Bertz CT molecular complexity index is 471. The minimum absolute atomic E-state index is 0.0335. The van der Waals surface area contributed by atoms with E-state index in [2.05, 4.69) is 0 Å². The second kappa shape index (κ2) is 5.64. The van der Waals surface area contributed by atoms with Crippen molar-refractivity contribution in [1.29, 1.82) is 0 Å². The fraction of sp³-hybridized carbons (Fsp3) is 0.600. The van der Waals surface area contributed by atoms with E-state index in [4.69, 9.17) is 9.47 Å². The van der Waals surface area contributed by atoms with E-state index in [1.807, 2.05) is 13.8 Å². The van der Waals surface area contributed by atoms with Crippen molar-refractivity contribution in [2.75, 3.05) is 7.11 Å². The van der Waals surface area contributed by atoms with Gasteiger partial charge in [0.2, 0.25) is 0 Å². The molecule has 0 aromatic heterocycles. The zero-order chi connectivity index (χ0) is 14.9. The highest BCUT2D eigenvalue weighted by atomic mass is 19.4. The van der Waals surface area contributed by atoms with Gasteiger partial charge in [0.1, 0.15) is 5.75 Å². The Labute approximate surface area is 116 Å². The molecule has 0 N–H and O–H groups in total. The number of halogens is 3. The number of rotatable bonds is 5. The third-order valence-corrected chi connectivity index (χ3v) is 3.76. The first kappa shape index (κ1) is 15.2. The average molecular weight is 288 g/mol. The molecule has 1 fully saturated rings. The van der Waals surface area contributed by atoms with Crippen LogP contribution in [0.15, 0.2) is 18.2 Å². The molecule has 0 spiro atoms. The summed E-state index contributed by atoms with van der Waals surface area (Å²) in [6, 6.07) is 3.63. The summed E-state index contributed by atoms with van der Waals surface area (Å²) in [5.41, 5.74) is -0.0448. The van der Waals surface area contributed by atoms with E-state index < -0.39 is 11.7 Å². The van der Waals surface area contributed by atoms with Gasteiger partial charge in [0.15, 0.2) is 0 Å².